The molecule has 1 aliphatic rings. The lowest BCUT2D eigenvalue weighted by Gasteiger charge is -2.08. The molecule has 2 aromatic heterocycles. The molecule has 0 spiro atoms. The molecule has 162 valence electrons. The van der Waals surface area contributed by atoms with Crippen LogP contribution in [-0.2, 0) is 17.6 Å². The third-order valence-corrected chi connectivity index (χ3v) is 6.44. The molecule has 0 saturated carbocycles. The van der Waals surface area contributed by atoms with Crippen molar-refractivity contribution < 1.29 is 28.3 Å². The number of carbonyl (C=O) groups is 3. The summed E-state index contributed by atoms with van der Waals surface area (Å²) in [6.45, 7) is 0. The summed E-state index contributed by atoms with van der Waals surface area (Å²) >= 11 is 1.36. The average Bonchev–Trinajstić information content (AvgIpc) is 3.27. The maximum atomic E-state index is 13.0. The first-order valence-electron chi connectivity index (χ1n) is 9.93. The van der Waals surface area contributed by atoms with Gasteiger partial charge in [0.2, 0.25) is 0 Å². The van der Waals surface area contributed by atoms with Gasteiger partial charge in [-0.1, -0.05) is 18.6 Å². The van der Waals surface area contributed by atoms with E-state index in [9.17, 15) is 14.4 Å². The average molecular weight is 442 g/mol. The number of imide groups is 1. The van der Waals surface area contributed by atoms with E-state index in [1.54, 1.807) is 12.1 Å². The van der Waals surface area contributed by atoms with Crippen molar-refractivity contribution in [2.75, 3.05) is 19.5 Å². The number of hydrogen-bond acceptors (Lipinski definition) is 7. The summed E-state index contributed by atoms with van der Waals surface area (Å²) in [6, 6.07) is 7.00. The first kappa shape index (κ1) is 20.9. The van der Waals surface area contributed by atoms with Crippen LogP contribution in [0.4, 0.5) is 9.80 Å². The zero-order valence-electron chi connectivity index (χ0n) is 17.2. The minimum Gasteiger partial charge on any atom is -0.493 e. The van der Waals surface area contributed by atoms with Crippen molar-refractivity contribution in [1.82, 2.24) is 5.32 Å². The number of aryl methyl sites for hydroxylation is 1. The fourth-order valence-electron chi connectivity index (χ4n) is 3.75. The molecule has 0 saturated heterocycles. The Bertz CT molecular complexity index is 1160. The molecule has 0 radical (unpaired) electrons. The van der Waals surface area contributed by atoms with Crippen LogP contribution in [0.2, 0.25) is 0 Å². The molecule has 0 atom stereocenters. The Labute approximate surface area is 182 Å². The molecule has 0 aliphatic heterocycles. The summed E-state index contributed by atoms with van der Waals surface area (Å²) in [5.74, 6) is -0.449. The topological polar surface area (TPSA) is 107 Å². The van der Waals surface area contributed by atoms with Crippen molar-refractivity contribution in [2.45, 2.75) is 32.1 Å². The number of rotatable bonds is 4. The molecule has 2 N–H and O–H groups in total. The molecule has 31 heavy (non-hydrogen) atoms. The lowest BCUT2D eigenvalue weighted by Crippen LogP contribution is -2.31. The Balaban J connectivity index is 1.68. The summed E-state index contributed by atoms with van der Waals surface area (Å²) in [5, 5.41) is 6.14. The number of benzene rings is 1. The van der Waals surface area contributed by atoms with E-state index >= 15 is 0 Å². The Kier molecular flexibility index (Phi) is 5.94. The van der Waals surface area contributed by atoms with Gasteiger partial charge < -0.3 is 19.2 Å². The molecular formula is C22H22N2O6S. The molecule has 1 aromatic carbocycles. The molecule has 0 unspecified atom stereocenters. The number of para-hydroxylation sites is 1. The maximum absolute atomic E-state index is 13.0. The summed E-state index contributed by atoms with van der Waals surface area (Å²) < 4.78 is 15.6. The number of alkyl carbamates (subject to hydrolysis) is 1. The van der Waals surface area contributed by atoms with Crippen molar-refractivity contribution in [3.8, 4) is 5.75 Å². The predicted molar refractivity (Wildman–Crippen MR) is 116 cm³/mol. The predicted octanol–water partition coefficient (Wildman–Crippen LogP) is 4.52. The van der Waals surface area contributed by atoms with Crippen molar-refractivity contribution in [1.29, 1.82) is 0 Å². The van der Waals surface area contributed by atoms with Gasteiger partial charge >= 0.3 is 6.09 Å². The number of thiophene rings is 1. The van der Waals surface area contributed by atoms with Gasteiger partial charge in [-0.2, -0.15) is 0 Å². The largest absolute Gasteiger partial charge is 0.493 e. The minimum absolute atomic E-state index is 0.0995. The smallest absolute Gasteiger partial charge is 0.413 e. The number of fused-ring (bicyclic) bond motifs is 2. The van der Waals surface area contributed by atoms with Gasteiger partial charge in [0.15, 0.2) is 17.1 Å². The number of ether oxygens (including phenoxy) is 2. The molecule has 8 nitrogen and oxygen atoms in total. The Morgan fingerprint density at radius 3 is 2.65 bits per heavy atom. The van der Waals surface area contributed by atoms with Crippen LogP contribution in [0.25, 0.3) is 11.0 Å². The summed E-state index contributed by atoms with van der Waals surface area (Å²) in [5.41, 5.74) is 1.67. The Morgan fingerprint density at radius 1 is 1.06 bits per heavy atom. The second kappa shape index (κ2) is 8.81. The number of amides is 3. The van der Waals surface area contributed by atoms with Crippen LogP contribution in [0.3, 0.4) is 0 Å². The van der Waals surface area contributed by atoms with E-state index in [1.807, 2.05) is 12.1 Å². The van der Waals surface area contributed by atoms with Crippen LogP contribution in [0.1, 0.15) is 50.6 Å². The molecule has 1 aliphatic carbocycles. The van der Waals surface area contributed by atoms with Gasteiger partial charge in [-0.3, -0.25) is 14.9 Å². The van der Waals surface area contributed by atoms with Crippen LogP contribution in [0, 0.1) is 0 Å². The minimum atomic E-state index is -0.847. The highest BCUT2D eigenvalue weighted by Crippen LogP contribution is 2.38. The highest BCUT2D eigenvalue weighted by atomic mass is 32.1. The van der Waals surface area contributed by atoms with E-state index in [0.29, 0.717) is 28.3 Å². The van der Waals surface area contributed by atoms with Crippen LogP contribution < -0.4 is 15.4 Å². The zero-order valence-corrected chi connectivity index (χ0v) is 18.0. The third kappa shape index (κ3) is 4.13. The van der Waals surface area contributed by atoms with E-state index in [0.717, 1.165) is 41.5 Å². The van der Waals surface area contributed by atoms with E-state index in [-0.39, 0.29) is 5.76 Å². The number of hydrogen-bond donors (Lipinski definition) is 2. The monoisotopic (exact) mass is 442 g/mol. The summed E-state index contributed by atoms with van der Waals surface area (Å²) in [7, 11) is 2.72. The van der Waals surface area contributed by atoms with Crippen molar-refractivity contribution in [2.24, 2.45) is 0 Å². The van der Waals surface area contributed by atoms with E-state index in [1.165, 1.54) is 25.6 Å². The standard InChI is InChI=1S/C22H22N2O6S/c1-28-14-9-6-7-12-11-15(30-18(12)14)19(25)23-21-17(20(26)24-22(27)29-2)13-8-4-3-5-10-16(13)31-21/h6-7,9,11H,3-5,8,10H2,1-2H3,(H,23,25)(H,24,26,27). The number of furan rings is 1. The molecule has 3 aromatic rings. The van der Waals surface area contributed by atoms with Gasteiger partial charge in [-0.05, 0) is 43.4 Å². The van der Waals surface area contributed by atoms with Crippen LogP contribution in [0.5, 0.6) is 5.75 Å². The Morgan fingerprint density at radius 2 is 1.87 bits per heavy atom. The maximum Gasteiger partial charge on any atom is 0.413 e. The number of carbonyl (C=O) groups excluding carboxylic acids is 3. The highest BCUT2D eigenvalue weighted by molar-refractivity contribution is 7.17. The molecule has 4 rings (SSSR count). The van der Waals surface area contributed by atoms with Crippen LogP contribution >= 0.6 is 11.3 Å². The fourth-order valence-corrected chi connectivity index (χ4v) is 5.03. The SMILES string of the molecule is COC(=O)NC(=O)c1c(NC(=O)c2cc3cccc(OC)c3o2)sc2c1CCCCC2. The lowest BCUT2D eigenvalue weighted by molar-refractivity contribution is 0.0937. The quantitative estimate of drug-likeness (QED) is 0.576. The number of anilines is 1. The van der Waals surface area contributed by atoms with Gasteiger partial charge in [-0.25, -0.2) is 4.79 Å². The van der Waals surface area contributed by atoms with Crippen molar-refractivity contribution >= 4 is 45.2 Å². The first-order chi connectivity index (χ1) is 15.0. The van der Waals surface area contributed by atoms with Crippen molar-refractivity contribution in [3.63, 3.8) is 0 Å². The normalized spacial score (nSPS) is 13.2. The molecule has 0 bridgehead atoms. The van der Waals surface area contributed by atoms with Gasteiger partial charge in [0, 0.05) is 10.3 Å². The van der Waals surface area contributed by atoms with Gasteiger partial charge in [0.25, 0.3) is 11.8 Å². The number of methoxy groups -OCH3 is 2. The first-order valence-corrected chi connectivity index (χ1v) is 10.7. The van der Waals surface area contributed by atoms with E-state index < -0.39 is 17.9 Å². The molecular weight excluding hydrogens is 420 g/mol. The van der Waals surface area contributed by atoms with E-state index in [2.05, 4.69) is 15.4 Å². The fraction of sp³-hybridized carbons (Fsp3) is 0.318. The highest BCUT2D eigenvalue weighted by Gasteiger charge is 2.28. The molecule has 9 heteroatoms. The zero-order chi connectivity index (χ0) is 22.0. The summed E-state index contributed by atoms with van der Waals surface area (Å²) in [4.78, 5) is 38.4. The van der Waals surface area contributed by atoms with Gasteiger partial charge in [-0.15, -0.1) is 11.3 Å². The Hall–Kier alpha value is -3.33. The second-order valence-electron chi connectivity index (χ2n) is 7.16. The second-order valence-corrected chi connectivity index (χ2v) is 8.26. The number of nitrogens with one attached hydrogen (secondary N) is 2. The van der Waals surface area contributed by atoms with Crippen LogP contribution in [-0.4, -0.2) is 32.1 Å². The molecule has 2 heterocycles. The van der Waals surface area contributed by atoms with Gasteiger partial charge in [0.1, 0.15) is 5.00 Å². The molecule has 0 fully saturated rings. The van der Waals surface area contributed by atoms with E-state index in [4.69, 9.17) is 9.15 Å². The van der Waals surface area contributed by atoms with Crippen molar-refractivity contribution in [3.05, 3.63) is 46.0 Å². The van der Waals surface area contributed by atoms with Crippen LogP contribution in [0.15, 0.2) is 28.7 Å². The lowest BCUT2D eigenvalue weighted by atomic mass is 10.0. The summed E-state index contributed by atoms with van der Waals surface area (Å²) in [6.07, 6.45) is 3.73. The third-order valence-electron chi connectivity index (χ3n) is 5.23. The van der Waals surface area contributed by atoms with Gasteiger partial charge in [0.05, 0.1) is 19.8 Å². The molecule has 3 amide bonds.